The first-order chi connectivity index (χ1) is 8.12. The van der Waals surface area contributed by atoms with Crippen LogP contribution in [0.4, 0.5) is 0 Å². The molecule has 0 saturated carbocycles. The summed E-state index contributed by atoms with van der Waals surface area (Å²) in [5.41, 5.74) is 0. The largest absolute Gasteiger partial charge is 0.325 e. The van der Waals surface area contributed by atoms with E-state index in [4.69, 9.17) is 19.6 Å². The van der Waals surface area contributed by atoms with Crippen LogP contribution in [0.1, 0.15) is 52.4 Å². The summed E-state index contributed by atoms with van der Waals surface area (Å²) in [5, 5.41) is 0. The second kappa shape index (κ2) is 11.2. The molecule has 0 heterocycles. The summed E-state index contributed by atoms with van der Waals surface area (Å²) in [6, 6.07) is 0. The topological polar surface area (TPSA) is 115 Å². The molecule has 0 aliphatic rings. The summed E-state index contributed by atoms with van der Waals surface area (Å²) in [5.74, 6) is 0. The van der Waals surface area contributed by atoms with Gasteiger partial charge in [-0.3, -0.25) is 9.13 Å². The number of rotatable bonds is 8. The van der Waals surface area contributed by atoms with Crippen LogP contribution >= 0.6 is 15.2 Å². The summed E-state index contributed by atoms with van der Waals surface area (Å²) in [7, 11) is -7.39. The molecular formula is C10H26O6P2. The SMILES string of the molecule is CCCCCP(=O)(O)O.CCCCCP(=O)(O)O. The normalized spacial score (nSPS) is 11.9. The molecule has 0 aromatic heterocycles. The Bertz CT molecular complexity index is 242. The third-order valence-corrected chi connectivity index (χ3v) is 3.90. The van der Waals surface area contributed by atoms with Gasteiger partial charge in [0.2, 0.25) is 0 Å². The Balaban J connectivity index is 0. The zero-order valence-corrected chi connectivity index (χ0v) is 12.9. The fourth-order valence-electron chi connectivity index (χ4n) is 1.14. The lowest BCUT2D eigenvalue weighted by molar-refractivity contribution is 0.369. The van der Waals surface area contributed by atoms with Crippen molar-refractivity contribution in [2.24, 2.45) is 0 Å². The van der Waals surface area contributed by atoms with Crippen LogP contribution in [0.15, 0.2) is 0 Å². The summed E-state index contributed by atoms with van der Waals surface area (Å²) >= 11 is 0. The molecule has 0 aliphatic carbocycles. The van der Waals surface area contributed by atoms with E-state index < -0.39 is 15.2 Å². The number of unbranched alkanes of at least 4 members (excludes halogenated alkanes) is 4. The average Bonchev–Trinajstić information content (AvgIpc) is 2.16. The van der Waals surface area contributed by atoms with Crippen LogP contribution in [0.5, 0.6) is 0 Å². The predicted octanol–water partition coefficient (Wildman–Crippen LogP) is 2.71. The molecule has 0 atom stereocenters. The van der Waals surface area contributed by atoms with Crippen molar-refractivity contribution < 1.29 is 28.7 Å². The van der Waals surface area contributed by atoms with Gasteiger partial charge in [0.1, 0.15) is 0 Å². The van der Waals surface area contributed by atoms with Crippen LogP contribution < -0.4 is 0 Å². The van der Waals surface area contributed by atoms with Crippen LogP contribution in [0.25, 0.3) is 0 Å². The zero-order chi connectivity index (χ0) is 14.7. The summed E-state index contributed by atoms with van der Waals surface area (Å²) in [6.45, 7) is 4.00. The summed E-state index contributed by atoms with van der Waals surface area (Å²) in [4.78, 5) is 33.4. The minimum atomic E-state index is -3.70. The van der Waals surface area contributed by atoms with E-state index in [1.165, 1.54) is 0 Å². The molecular weight excluding hydrogens is 278 g/mol. The van der Waals surface area contributed by atoms with Crippen molar-refractivity contribution in [2.75, 3.05) is 12.3 Å². The molecule has 0 aliphatic heterocycles. The maximum Gasteiger partial charge on any atom is 0.325 e. The molecule has 0 aromatic rings. The first-order valence-electron chi connectivity index (χ1n) is 6.21. The quantitative estimate of drug-likeness (QED) is 0.405. The van der Waals surface area contributed by atoms with Crippen molar-refractivity contribution in [2.45, 2.75) is 52.4 Å². The van der Waals surface area contributed by atoms with E-state index in [9.17, 15) is 9.13 Å². The van der Waals surface area contributed by atoms with Gasteiger partial charge in [-0.1, -0.05) is 39.5 Å². The fourth-order valence-corrected chi connectivity index (χ4v) is 2.41. The maximum absolute atomic E-state index is 10.2. The van der Waals surface area contributed by atoms with Crippen molar-refractivity contribution in [3.05, 3.63) is 0 Å². The van der Waals surface area contributed by atoms with Crippen molar-refractivity contribution in [3.63, 3.8) is 0 Å². The Labute approximate surface area is 109 Å². The van der Waals surface area contributed by atoms with E-state index in [-0.39, 0.29) is 12.3 Å². The van der Waals surface area contributed by atoms with Gasteiger partial charge >= 0.3 is 15.2 Å². The van der Waals surface area contributed by atoms with Crippen molar-refractivity contribution >= 4 is 15.2 Å². The minimum absolute atomic E-state index is 0.0425. The van der Waals surface area contributed by atoms with Gasteiger partial charge in [-0.2, -0.15) is 0 Å². The molecule has 4 N–H and O–H groups in total. The molecule has 18 heavy (non-hydrogen) atoms. The van der Waals surface area contributed by atoms with E-state index in [1.807, 2.05) is 13.8 Å². The van der Waals surface area contributed by atoms with Crippen LogP contribution in [-0.4, -0.2) is 31.9 Å². The molecule has 6 nitrogen and oxygen atoms in total. The smallest absolute Gasteiger partial charge is 0.324 e. The Hall–Kier alpha value is 0.300. The van der Waals surface area contributed by atoms with Gasteiger partial charge in [0.25, 0.3) is 0 Å². The number of hydrogen-bond donors (Lipinski definition) is 4. The molecule has 0 amide bonds. The highest BCUT2D eigenvalue weighted by Gasteiger charge is 2.10. The van der Waals surface area contributed by atoms with Crippen LogP contribution in [0.2, 0.25) is 0 Å². The fraction of sp³-hybridized carbons (Fsp3) is 1.00. The molecule has 0 aromatic carbocycles. The Morgan fingerprint density at radius 1 is 0.667 bits per heavy atom. The molecule has 0 unspecified atom stereocenters. The highest BCUT2D eigenvalue weighted by atomic mass is 31.2. The van der Waals surface area contributed by atoms with Gasteiger partial charge in [0.05, 0.1) is 0 Å². The van der Waals surface area contributed by atoms with Crippen molar-refractivity contribution in [1.82, 2.24) is 0 Å². The molecule has 0 spiro atoms. The lowest BCUT2D eigenvalue weighted by atomic mass is 10.3. The third kappa shape index (κ3) is 25.2. The Kier molecular flexibility index (Phi) is 12.8. The molecule has 0 fully saturated rings. The van der Waals surface area contributed by atoms with Gasteiger partial charge in [-0.15, -0.1) is 0 Å². The maximum atomic E-state index is 10.2. The van der Waals surface area contributed by atoms with Crippen LogP contribution in [0.3, 0.4) is 0 Å². The second-order valence-corrected chi connectivity index (χ2v) is 7.74. The predicted molar refractivity (Wildman–Crippen MR) is 72.9 cm³/mol. The Morgan fingerprint density at radius 3 is 1.11 bits per heavy atom. The highest BCUT2D eigenvalue weighted by molar-refractivity contribution is 7.52. The van der Waals surface area contributed by atoms with E-state index in [2.05, 4.69) is 0 Å². The van der Waals surface area contributed by atoms with Crippen LogP contribution in [0, 0.1) is 0 Å². The van der Waals surface area contributed by atoms with Crippen molar-refractivity contribution in [3.8, 4) is 0 Å². The minimum Gasteiger partial charge on any atom is -0.324 e. The van der Waals surface area contributed by atoms with Gasteiger partial charge in [0.15, 0.2) is 0 Å². The molecule has 0 radical (unpaired) electrons. The molecule has 0 rings (SSSR count). The standard InChI is InChI=1S/2C5H13O3P/c2*1-2-3-4-5-9(6,7)8/h2*2-5H2,1H3,(H2,6,7,8). The zero-order valence-electron chi connectivity index (χ0n) is 11.2. The Morgan fingerprint density at radius 2 is 0.944 bits per heavy atom. The summed E-state index contributed by atoms with van der Waals surface area (Å²) < 4.78 is 20.4. The van der Waals surface area contributed by atoms with E-state index in [0.717, 1.165) is 25.7 Å². The van der Waals surface area contributed by atoms with Gasteiger partial charge in [0, 0.05) is 12.3 Å². The molecule has 0 saturated heterocycles. The highest BCUT2D eigenvalue weighted by Crippen LogP contribution is 2.35. The van der Waals surface area contributed by atoms with Gasteiger partial charge in [-0.25, -0.2) is 0 Å². The molecule has 0 bridgehead atoms. The lowest BCUT2D eigenvalue weighted by Gasteiger charge is -2.00. The summed E-state index contributed by atoms with van der Waals surface area (Å²) in [6.07, 6.45) is 5.18. The molecule has 112 valence electrons. The van der Waals surface area contributed by atoms with E-state index >= 15 is 0 Å². The lowest BCUT2D eigenvalue weighted by Crippen LogP contribution is -1.86. The average molecular weight is 304 g/mol. The first kappa shape index (κ1) is 20.6. The van der Waals surface area contributed by atoms with Crippen molar-refractivity contribution in [1.29, 1.82) is 0 Å². The number of hydrogen-bond acceptors (Lipinski definition) is 2. The molecule has 8 heteroatoms. The first-order valence-corrected chi connectivity index (χ1v) is 9.81. The second-order valence-electron chi connectivity index (χ2n) is 4.19. The van der Waals surface area contributed by atoms with E-state index in [0.29, 0.717) is 12.8 Å². The third-order valence-electron chi connectivity index (χ3n) is 2.11. The van der Waals surface area contributed by atoms with Gasteiger partial charge in [-0.05, 0) is 12.8 Å². The van der Waals surface area contributed by atoms with E-state index in [1.54, 1.807) is 0 Å². The van der Waals surface area contributed by atoms with Crippen LogP contribution in [-0.2, 0) is 9.13 Å². The van der Waals surface area contributed by atoms with Gasteiger partial charge < -0.3 is 19.6 Å². The monoisotopic (exact) mass is 304 g/mol.